The molecule has 5 nitrogen and oxygen atoms in total. The molecular weight excluding hydrogens is 304 g/mol. The highest BCUT2D eigenvalue weighted by atomic mass is 16.5. The second-order valence-electron chi connectivity index (χ2n) is 8.23. The molecule has 4 rings (SSSR count). The van der Waals surface area contributed by atoms with Crippen LogP contribution in [0, 0.1) is 17.3 Å². The van der Waals surface area contributed by atoms with Crippen molar-refractivity contribution in [1.29, 1.82) is 0 Å². The summed E-state index contributed by atoms with van der Waals surface area (Å²) in [5, 5.41) is 3.31. The zero-order valence-corrected chi connectivity index (χ0v) is 14.8. The first-order valence-electron chi connectivity index (χ1n) is 9.85. The Balaban J connectivity index is 1.32. The molecule has 4 fully saturated rings. The molecule has 3 aliphatic carbocycles. The van der Waals surface area contributed by atoms with E-state index < -0.39 is 0 Å². The van der Waals surface area contributed by atoms with Crippen LogP contribution in [0.1, 0.15) is 58.3 Å². The molecule has 1 aliphatic heterocycles. The van der Waals surface area contributed by atoms with Crippen LogP contribution in [0.15, 0.2) is 0 Å². The molecule has 1 spiro atoms. The van der Waals surface area contributed by atoms with Gasteiger partial charge in [0.25, 0.3) is 0 Å². The van der Waals surface area contributed by atoms with Gasteiger partial charge in [-0.05, 0) is 51.9 Å². The highest BCUT2D eigenvalue weighted by Crippen LogP contribution is 2.57. The van der Waals surface area contributed by atoms with Gasteiger partial charge in [-0.1, -0.05) is 6.42 Å². The van der Waals surface area contributed by atoms with Gasteiger partial charge in [-0.3, -0.25) is 9.59 Å². The van der Waals surface area contributed by atoms with Crippen molar-refractivity contribution in [2.75, 3.05) is 19.7 Å². The van der Waals surface area contributed by atoms with E-state index in [1.54, 1.807) is 0 Å². The Morgan fingerprint density at radius 1 is 1.17 bits per heavy atom. The second kappa shape index (κ2) is 6.32. The van der Waals surface area contributed by atoms with Crippen molar-refractivity contribution in [3.05, 3.63) is 0 Å². The molecule has 0 bridgehead atoms. The molecule has 3 saturated carbocycles. The molecule has 5 heteroatoms. The summed E-state index contributed by atoms with van der Waals surface area (Å²) < 4.78 is 5.87. The molecule has 0 unspecified atom stereocenters. The van der Waals surface area contributed by atoms with E-state index in [2.05, 4.69) is 5.32 Å². The number of likely N-dealkylation sites (tertiary alicyclic amines) is 1. The van der Waals surface area contributed by atoms with Gasteiger partial charge in [0.2, 0.25) is 11.8 Å². The molecule has 2 amide bonds. The number of nitrogens with one attached hydrogen (secondary N) is 1. The number of carbonyl (C=O) groups excluding carboxylic acids is 2. The smallest absolute Gasteiger partial charge is 0.225 e. The van der Waals surface area contributed by atoms with Crippen LogP contribution in [0.25, 0.3) is 0 Å². The average Bonchev–Trinajstić information content (AvgIpc) is 3.36. The zero-order valence-electron chi connectivity index (χ0n) is 14.8. The Labute approximate surface area is 144 Å². The van der Waals surface area contributed by atoms with Crippen LogP contribution in [0.5, 0.6) is 0 Å². The molecule has 1 N–H and O–H groups in total. The third-order valence-corrected chi connectivity index (χ3v) is 6.78. The topological polar surface area (TPSA) is 58.6 Å². The number of amides is 2. The Kier molecular flexibility index (Phi) is 4.31. The van der Waals surface area contributed by atoms with Crippen LogP contribution in [0.3, 0.4) is 0 Å². The maximum atomic E-state index is 12.8. The number of ether oxygens (including phenoxy) is 1. The van der Waals surface area contributed by atoms with E-state index in [1.807, 2.05) is 11.8 Å². The molecule has 0 aromatic carbocycles. The molecule has 0 radical (unpaired) electrons. The van der Waals surface area contributed by atoms with E-state index in [0.717, 1.165) is 45.3 Å². The third-order valence-electron chi connectivity index (χ3n) is 6.78. The van der Waals surface area contributed by atoms with Gasteiger partial charge < -0.3 is 15.0 Å². The van der Waals surface area contributed by atoms with Gasteiger partial charge in [0.1, 0.15) is 0 Å². The first-order chi connectivity index (χ1) is 11.6. The summed E-state index contributed by atoms with van der Waals surface area (Å²) in [6.45, 7) is 4.26. The SMILES string of the molecule is CCO[C@@H]1C[C@@H](NC(=O)[C@H]2CCCN(C(=O)C3CC3)C2)C12CCC2. The quantitative estimate of drug-likeness (QED) is 0.838. The third kappa shape index (κ3) is 2.75. The van der Waals surface area contributed by atoms with Gasteiger partial charge >= 0.3 is 0 Å². The molecule has 3 atom stereocenters. The van der Waals surface area contributed by atoms with Crippen molar-refractivity contribution >= 4 is 11.8 Å². The summed E-state index contributed by atoms with van der Waals surface area (Å²) in [5.74, 6) is 0.672. The van der Waals surface area contributed by atoms with Crippen molar-refractivity contribution in [1.82, 2.24) is 10.2 Å². The highest BCUT2D eigenvalue weighted by Gasteiger charge is 2.59. The van der Waals surface area contributed by atoms with Crippen LogP contribution in [-0.2, 0) is 14.3 Å². The lowest BCUT2D eigenvalue weighted by molar-refractivity contribution is -0.177. The van der Waals surface area contributed by atoms with E-state index in [4.69, 9.17) is 4.74 Å². The van der Waals surface area contributed by atoms with Crippen LogP contribution < -0.4 is 5.32 Å². The molecule has 0 aromatic heterocycles. The Hall–Kier alpha value is -1.10. The number of carbonyl (C=O) groups is 2. The average molecular weight is 334 g/mol. The standard InChI is InChI=1S/C19H30N2O3/c1-2-24-16-11-15(19(16)8-4-9-19)20-17(22)14-5-3-10-21(12-14)18(23)13-6-7-13/h13-16H,2-12H2,1H3,(H,20,22)/t14-,15+,16+/m0/s1. The molecule has 134 valence electrons. The first kappa shape index (κ1) is 16.4. The van der Waals surface area contributed by atoms with E-state index in [0.29, 0.717) is 12.6 Å². The molecule has 4 aliphatic rings. The van der Waals surface area contributed by atoms with Crippen LogP contribution in [0.4, 0.5) is 0 Å². The van der Waals surface area contributed by atoms with Crippen molar-refractivity contribution in [2.45, 2.75) is 70.4 Å². The van der Waals surface area contributed by atoms with Gasteiger partial charge in [0.15, 0.2) is 0 Å². The van der Waals surface area contributed by atoms with Crippen LogP contribution in [0.2, 0.25) is 0 Å². The number of hydrogen-bond donors (Lipinski definition) is 1. The van der Waals surface area contributed by atoms with E-state index in [9.17, 15) is 9.59 Å². The fraction of sp³-hybridized carbons (Fsp3) is 0.895. The fourth-order valence-corrected chi connectivity index (χ4v) is 4.91. The zero-order chi connectivity index (χ0) is 16.7. The van der Waals surface area contributed by atoms with Crippen molar-refractivity contribution < 1.29 is 14.3 Å². The lowest BCUT2D eigenvalue weighted by Crippen LogP contribution is -2.68. The van der Waals surface area contributed by atoms with Crippen molar-refractivity contribution in [2.24, 2.45) is 17.3 Å². The van der Waals surface area contributed by atoms with Gasteiger partial charge in [-0.2, -0.15) is 0 Å². The predicted octanol–water partition coefficient (Wildman–Crippen LogP) is 2.10. The second-order valence-corrected chi connectivity index (χ2v) is 8.23. The van der Waals surface area contributed by atoms with E-state index in [-0.39, 0.29) is 35.1 Å². The lowest BCUT2D eigenvalue weighted by Gasteiger charge is -2.61. The minimum absolute atomic E-state index is 0.0234. The first-order valence-corrected chi connectivity index (χ1v) is 9.85. The normalized spacial score (nSPS) is 34.4. The van der Waals surface area contributed by atoms with E-state index in [1.165, 1.54) is 19.3 Å². The molecule has 24 heavy (non-hydrogen) atoms. The Morgan fingerprint density at radius 3 is 2.58 bits per heavy atom. The summed E-state index contributed by atoms with van der Waals surface area (Å²) in [5.41, 5.74) is 0.212. The molecule has 1 heterocycles. The molecular formula is C19H30N2O3. The summed E-state index contributed by atoms with van der Waals surface area (Å²) in [6, 6.07) is 0.282. The maximum Gasteiger partial charge on any atom is 0.225 e. The van der Waals surface area contributed by atoms with Gasteiger partial charge in [-0.15, -0.1) is 0 Å². The maximum absolute atomic E-state index is 12.8. The number of nitrogens with zero attached hydrogens (tertiary/aromatic N) is 1. The lowest BCUT2D eigenvalue weighted by atomic mass is 9.51. The Bertz CT molecular complexity index is 513. The number of hydrogen-bond acceptors (Lipinski definition) is 3. The summed E-state index contributed by atoms with van der Waals surface area (Å²) in [6.07, 6.45) is 8.84. The number of rotatable bonds is 5. The summed E-state index contributed by atoms with van der Waals surface area (Å²) in [4.78, 5) is 27.0. The minimum atomic E-state index is -0.0234. The summed E-state index contributed by atoms with van der Waals surface area (Å²) >= 11 is 0. The monoisotopic (exact) mass is 334 g/mol. The van der Waals surface area contributed by atoms with Gasteiger partial charge in [0.05, 0.1) is 12.0 Å². The molecule has 1 saturated heterocycles. The fourth-order valence-electron chi connectivity index (χ4n) is 4.91. The summed E-state index contributed by atoms with van der Waals surface area (Å²) in [7, 11) is 0. The van der Waals surface area contributed by atoms with Crippen LogP contribution >= 0.6 is 0 Å². The van der Waals surface area contributed by atoms with Gasteiger partial charge in [-0.25, -0.2) is 0 Å². The van der Waals surface area contributed by atoms with E-state index >= 15 is 0 Å². The highest BCUT2D eigenvalue weighted by molar-refractivity contribution is 5.83. The van der Waals surface area contributed by atoms with Crippen molar-refractivity contribution in [3.8, 4) is 0 Å². The number of piperidine rings is 1. The minimum Gasteiger partial charge on any atom is -0.378 e. The van der Waals surface area contributed by atoms with Crippen LogP contribution in [-0.4, -0.2) is 48.6 Å². The largest absolute Gasteiger partial charge is 0.378 e. The predicted molar refractivity (Wildman–Crippen MR) is 90.3 cm³/mol. The van der Waals surface area contributed by atoms with Gasteiger partial charge in [0, 0.05) is 37.1 Å². The molecule has 0 aromatic rings. The Morgan fingerprint density at radius 2 is 1.96 bits per heavy atom. The van der Waals surface area contributed by atoms with Crippen molar-refractivity contribution in [3.63, 3.8) is 0 Å².